The van der Waals surface area contributed by atoms with Crippen molar-refractivity contribution in [3.8, 4) is 0 Å². The van der Waals surface area contributed by atoms with Gasteiger partial charge in [0.15, 0.2) is 0 Å². The lowest BCUT2D eigenvalue weighted by Crippen LogP contribution is -2.30. The van der Waals surface area contributed by atoms with Crippen LogP contribution in [0.3, 0.4) is 0 Å². The molecule has 1 unspecified atom stereocenters. The van der Waals surface area contributed by atoms with Crippen LogP contribution in [0.5, 0.6) is 0 Å². The molecule has 1 aliphatic rings. The highest BCUT2D eigenvalue weighted by Gasteiger charge is 2.28. The van der Waals surface area contributed by atoms with Gasteiger partial charge < -0.3 is 10.8 Å². The fraction of sp³-hybridized carbons (Fsp3) is 0.714. The van der Waals surface area contributed by atoms with Crippen LogP contribution in [-0.2, 0) is 4.79 Å². The fourth-order valence-corrected chi connectivity index (χ4v) is 1.30. The van der Waals surface area contributed by atoms with Crippen molar-refractivity contribution < 1.29 is 9.90 Å². The number of hydrogen-bond donors (Lipinski definition) is 2. The third-order valence-electron chi connectivity index (χ3n) is 1.92. The maximum Gasteiger partial charge on any atom is 0.223 e. The summed E-state index contributed by atoms with van der Waals surface area (Å²) >= 11 is 0. The second-order valence-electron chi connectivity index (χ2n) is 2.69. The molecule has 0 aromatic heterocycles. The molecule has 1 aliphatic carbocycles. The SMILES string of the molecule is NC(=O)C1CCCC[C]1O. The first kappa shape index (κ1) is 7.54. The van der Waals surface area contributed by atoms with E-state index in [-0.39, 0.29) is 12.0 Å². The minimum Gasteiger partial charge on any atom is -0.386 e. The lowest BCUT2D eigenvalue weighted by molar-refractivity contribution is -0.123. The Morgan fingerprint density at radius 2 is 2.30 bits per heavy atom. The molecule has 1 saturated carbocycles. The summed E-state index contributed by atoms with van der Waals surface area (Å²) in [7, 11) is 0. The van der Waals surface area contributed by atoms with E-state index >= 15 is 0 Å². The number of hydrogen-bond acceptors (Lipinski definition) is 2. The van der Waals surface area contributed by atoms with E-state index in [1.165, 1.54) is 0 Å². The largest absolute Gasteiger partial charge is 0.386 e. The maximum absolute atomic E-state index is 10.6. The van der Waals surface area contributed by atoms with Crippen molar-refractivity contribution in [2.75, 3.05) is 0 Å². The van der Waals surface area contributed by atoms with Gasteiger partial charge in [-0.1, -0.05) is 12.8 Å². The zero-order valence-corrected chi connectivity index (χ0v) is 5.84. The van der Waals surface area contributed by atoms with Crippen LogP contribution in [0.4, 0.5) is 0 Å². The number of aliphatic hydroxyl groups excluding tert-OH is 1. The molecule has 1 rings (SSSR count). The predicted molar refractivity (Wildman–Crippen MR) is 36.3 cm³/mol. The van der Waals surface area contributed by atoms with E-state index in [4.69, 9.17) is 10.8 Å². The van der Waals surface area contributed by atoms with Crippen molar-refractivity contribution >= 4 is 5.91 Å². The summed E-state index contributed by atoms with van der Waals surface area (Å²) in [4.78, 5) is 10.6. The Morgan fingerprint density at radius 3 is 2.70 bits per heavy atom. The highest BCUT2D eigenvalue weighted by atomic mass is 16.3. The summed E-state index contributed by atoms with van der Waals surface area (Å²) in [6, 6.07) is 0. The molecule has 1 atom stereocenters. The highest BCUT2D eigenvalue weighted by molar-refractivity contribution is 5.78. The third-order valence-corrected chi connectivity index (χ3v) is 1.92. The molecule has 0 saturated heterocycles. The van der Waals surface area contributed by atoms with Crippen LogP contribution in [0.25, 0.3) is 0 Å². The molecule has 10 heavy (non-hydrogen) atoms. The van der Waals surface area contributed by atoms with Crippen molar-refractivity contribution in [3.63, 3.8) is 0 Å². The van der Waals surface area contributed by atoms with Gasteiger partial charge in [-0.3, -0.25) is 4.79 Å². The van der Waals surface area contributed by atoms with E-state index in [0.29, 0.717) is 6.42 Å². The van der Waals surface area contributed by atoms with Gasteiger partial charge >= 0.3 is 0 Å². The van der Waals surface area contributed by atoms with Crippen LogP contribution < -0.4 is 5.73 Å². The Morgan fingerprint density at radius 1 is 1.60 bits per heavy atom. The Hall–Kier alpha value is -0.570. The lowest BCUT2D eigenvalue weighted by atomic mass is 9.86. The Labute approximate surface area is 60.2 Å². The van der Waals surface area contributed by atoms with Crippen molar-refractivity contribution in [2.24, 2.45) is 11.7 Å². The van der Waals surface area contributed by atoms with Crippen molar-refractivity contribution in [2.45, 2.75) is 25.7 Å². The van der Waals surface area contributed by atoms with Gasteiger partial charge in [-0.15, -0.1) is 0 Å². The van der Waals surface area contributed by atoms with Crippen molar-refractivity contribution in [1.82, 2.24) is 0 Å². The number of amides is 1. The summed E-state index contributed by atoms with van der Waals surface area (Å²) in [5.74, 6) is -0.758. The van der Waals surface area contributed by atoms with Crippen LogP contribution in [0.2, 0.25) is 0 Å². The molecule has 3 nitrogen and oxygen atoms in total. The number of rotatable bonds is 1. The van der Waals surface area contributed by atoms with Crippen LogP contribution in [-0.4, -0.2) is 11.0 Å². The number of carbonyl (C=O) groups is 1. The molecule has 0 aliphatic heterocycles. The Kier molecular flexibility index (Phi) is 2.27. The first-order chi connectivity index (χ1) is 4.72. The molecular weight excluding hydrogens is 130 g/mol. The molecule has 1 fully saturated rings. The molecule has 1 radical (unpaired) electrons. The van der Waals surface area contributed by atoms with Crippen molar-refractivity contribution in [3.05, 3.63) is 6.10 Å². The molecule has 3 N–H and O–H groups in total. The molecule has 0 spiro atoms. The molecule has 1 amide bonds. The zero-order valence-electron chi connectivity index (χ0n) is 5.84. The highest BCUT2D eigenvalue weighted by Crippen LogP contribution is 2.28. The minimum atomic E-state index is -0.391. The average molecular weight is 142 g/mol. The Balaban J connectivity index is 2.47. The first-order valence-electron chi connectivity index (χ1n) is 3.56. The van der Waals surface area contributed by atoms with Gasteiger partial charge in [0.25, 0.3) is 0 Å². The topological polar surface area (TPSA) is 63.3 Å². The van der Waals surface area contributed by atoms with Gasteiger partial charge in [-0.2, -0.15) is 0 Å². The second kappa shape index (κ2) is 3.01. The standard InChI is InChI=1S/C7H12NO2/c8-7(10)5-3-1-2-4-6(5)9/h5,9H,1-4H2,(H2,8,10). The summed E-state index contributed by atoms with van der Waals surface area (Å²) in [5, 5.41) is 9.16. The van der Waals surface area contributed by atoms with E-state index in [1.807, 2.05) is 0 Å². The predicted octanol–water partition coefficient (Wildman–Crippen LogP) is 0.566. The van der Waals surface area contributed by atoms with Crippen LogP contribution >= 0.6 is 0 Å². The summed E-state index contributed by atoms with van der Waals surface area (Å²) in [5.41, 5.74) is 5.04. The minimum absolute atomic E-state index is 0.277. The smallest absolute Gasteiger partial charge is 0.223 e. The molecular formula is C7H12NO2. The van der Waals surface area contributed by atoms with Crippen LogP contribution in [0.15, 0.2) is 0 Å². The third kappa shape index (κ3) is 1.48. The van der Waals surface area contributed by atoms with Crippen LogP contribution in [0.1, 0.15) is 25.7 Å². The average Bonchev–Trinajstić information content (AvgIpc) is 1.88. The summed E-state index contributed by atoms with van der Waals surface area (Å²) < 4.78 is 0. The van der Waals surface area contributed by atoms with Gasteiger partial charge in [0.2, 0.25) is 5.91 Å². The molecule has 0 aromatic rings. The summed E-state index contributed by atoms with van der Waals surface area (Å²) in [6.07, 6.45) is 3.63. The number of aliphatic hydroxyl groups is 1. The number of primary amides is 1. The quantitative estimate of drug-likeness (QED) is 0.562. The molecule has 0 bridgehead atoms. The first-order valence-corrected chi connectivity index (χ1v) is 3.56. The molecule has 0 aromatic carbocycles. The normalized spacial score (nSPS) is 28.3. The van der Waals surface area contributed by atoms with Gasteiger partial charge in [0, 0.05) is 0 Å². The maximum atomic E-state index is 10.6. The van der Waals surface area contributed by atoms with Gasteiger partial charge in [0.05, 0.1) is 5.92 Å². The van der Waals surface area contributed by atoms with E-state index < -0.39 is 5.91 Å². The van der Waals surface area contributed by atoms with E-state index in [0.717, 1.165) is 19.3 Å². The van der Waals surface area contributed by atoms with E-state index in [9.17, 15) is 4.79 Å². The fourth-order valence-electron chi connectivity index (χ4n) is 1.30. The van der Waals surface area contributed by atoms with E-state index in [1.54, 1.807) is 0 Å². The molecule has 0 heterocycles. The van der Waals surface area contributed by atoms with Gasteiger partial charge in [-0.25, -0.2) is 0 Å². The van der Waals surface area contributed by atoms with E-state index in [2.05, 4.69) is 0 Å². The summed E-state index contributed by atoms with van der Waals surface area (Å²) in [6.45, 7) is 0. The zero-order chi connectivity index (χ0) is 7.56. The second-order valence-corrected chi connectivity index (χ2v) is 2.69. The van der Waals surface area contributed by atoms with Gasteiger partial charge in [-0.05, 0) is 12.8 Å². The Bertz CT molecular complexity index is 136. The number of carbonyl (C=O) groups excluding carboxylic acids is 1. The lowest BCUT2D eigenvalue weighted by Gasteiger charge is -2.23. The molecule has 57 valence electrons. The number of nitrogens with two attached hydrogens (primary N) is 1. The molecule has 3 heteroatoms. The van der Waals surface area contributed by atoms with Crippen molar-refractivity contribution in [1.29, 1.82) is 0 Å². The van der Waals surface area contributed by atoms with Gasteiger partial charge in [0.1, 0.15) is 6.10 Å². The van der Waals surface area contributed by atoms with Crippen LogP contribution in [0, 0.1) is 12.0 Å². The monoisotopic (exact) mass is 142 g/mol.